The zero-order valence-electron chi connectivity index (χ0n) is 15.9. The van der Waals surface area contributed by atoms with Gasteiger partial charge in [-0.05, 0) is 12.5 Å². The molecule has 5 rings (SSSR count). The number of aliphatic hydroxyl groups excluding tert-OH is 1. The highest BCUT2D eigenvalue weighted by atomic mass is 19.1. The summed E-state index contributed by atoms with van der Waals surface area (Å²) >= 11 is 0. The minimum Gasteiger partial charge on any atom is -0.390 e. The summed E-state index contributed by atoms with van der Waals surface area (Å²) < 4.78 is 13.8. The Balaban J connectivity index is 1.35. The summed E-state index contributed by atoms with van der Waals surface area (Å²) in [6, 6.07) is 3.28. The molecule has 0 aliphatic carbocycles. The number of aromatic nitrogens is 5. The van der Waals surface area contributed by atoms with Gasteiger partial charge in [0.2, 0.25) is 5.95 Å². The summed E-state index contributed by atoms with van der Waals surface area (Å²) in [5.41, 5.74) is 0.724. The van der Waals surface area contributed by atoms with Crippen LogP contribution in [0.5, 0.6) is 0 Å². The first kappa shape index (κ1) is 18.5. The maximum absolute atomic E-state index is 13.8. The first-order chi connectivity index (χ1) is 14.6. The molecule has 2 fully saturated rings. The lowest BCUT2D eigenvalue weighted by Crippen LogP contribution is -2.45. The maximum atomic E-state index is 13.8. The van der Waals surface area contributed by atoms with E-state index in [4.69, 9.17) is 0 Å². The van der Waals surface area contributed by atoms with Gasteiger partial charge in [0.05, 0.1) is 23.6 Å². The number of pyridine rings is 1. The number of nitrogens with zero attached hydrogens (tertiary/aromatic N) is 6. The predicted octanol–water partition coefficient (Wildman–Crippen LogP) is 0.930. The predicted molar refractivity (Wildman–Crippen MR) is 108 cm³/mol. The van der Waals surface area contributed by atoms with Crippen LogP contribution in [0.15, 0.2) is 24.5 Å². The van der Waals surface area contributed by atoms with Crippen molar-refractivity contribution in [1.29, 1.82) is 0 Å². The zero-order valence-corrected chi connectivity index (χ0v) is 15.9. The Morgan fingerprint density at radius 3 is 2.97 bits per heavy atom. The Hall–Kier alpha value is -3.54. The molecule has 4 N–H and O–H groups in total. The number of rotatable bonds is 4. The molecule has 156 valence electrons. The van der Waals surface area contributed by atoms with E-state index < -0.39 is 12.3 Å². The van der Waals surface area contributed by atoms with Crippen molar-refractivity contribution in [3.63, 3.8) is 0 Å². The fourth-order valence-corrected chi connectivity index (χ4v) is 3.62. The minimum atomic E-state index is -1.32. The van der Waals surface area contributed by atoms with Crippen LogP contribution in [0.4, 0.5) is 32.6 Å². The number of amides is 2. The number of fused-ring (bicyclic) bond motifs is 1. The molecule has 2 atom stereocenters. The van der Waals surface area contributed by atoms with Crippen LogP contribution in [0.2, 0.25) is 0 Å². The van der Waals surface area contributed by atoms with Crippen LogP contribution in [0.1, 0.15) is 6.42 Å². The van der Waals surface area contributed by atoms with Gasteiger partial charge in [0, 0.05) is 38.1 Å². The van der Waals surface area contributed by atoms with E-state index in [9.17, 15) is 14.3 Å². The number of hydrogen-bond acceptors (Lipinski definition) is 8. The molecular weight excluding hydrogens is 393 g/mol. The number of aliphatic hydroxyl groups is 1. The third kappa shape index (κ3) is 3.34. The van der Waals surface area contributed by atoms with E-state index >= 15 is 0 Å². The second-order valence-electron chi connectivity index (χ2n) is 7.23. The Bertz CT molecular complexity index is 1090. The highest BCUT2D eigenvalue weighted by Gasteiger charge is 2.29. The summed E-state index contributed by atoms with van der Waals surface area (Å²) in [7, 11) is 0. The standard InChI is InChI=1S/C18H20FN9O2/c19-11-9-27(5-2-13(11)29)17-20-3-1-14(24-17)23-15-7-12-10(8-22-15)16(26-25-12)28-6-4-21-18(28)30/h1,3,7-8,11,13,29H,2,4-6,9H2,(H,21,30)(H,25,26)(H,20,22,23,24). The van der Waals surface area contributed by atoms with Crippen molar-refractivity contribution < 1.29 is 14.3 Å². The summed E-state index contributed by atoms with van der Waals surface area (Å²) in [5, 5.41) is 23.3. The molecule has 0 radical (unpaired) electrons. The number of alkyl halides is 1. The molecule has 0 saturated carbocycles. The third-order valence-electron chi connectivity index (χ3n) is 5.23. The topological polar surface area (TPSA) is 135 Å². The van der Waals surface area contributed by atoms with E-state index in [1.165, 1.54) is 0 Å². The molecule has 12 heteroatoms. The van der Waals surface area contributed by atoms with E-state index in [1.807, 2.05) is 0 Å². The van der Waals surface area contributed by atoms with E-state index in [0.29, 0.717) is 49.5 Å². The van der Waals surface area contributed by atoms with Gasteiger partial charge in [0.25, 0.3) is 0 Å². The minimum absolute atomic E-state index is 0.0514. The van der Waals surface area contributed by atoms with Gasteiger partial charge >= 0.3 is 6.03 Å². The Labute approximate surface area is 170 Å². The second kappa shape index (κ2) is 7.37. The van der Waals surface area contributed by atoms with Crippen LogP contribution in [-0.2, 0) is 0 Å². The van der Waals surface area contributed by atoms with Crippen LogP contribution in [0.3, 0.4) is 0 Å². The van der Waals surface area contributed by atoms with Gasteiger partial charge < -0.3 is 20.6 Å². The number of nitrogens with one attached hydrogen (secondary N) is 3. The average Bonchev–Trinajstić information content (AvgIpc) is 3.35. The van der Waals surface area contributed by atoms with Crippen LogP contribution >= 0.6 is 0 Å². The van der Waals surface area contributed by atoms with Crippen molar-refractivity contribution in [2.45, 2.75) is 18.7 Å². The fourth-order valence-electron chi connectivity index (χ4n) is 3.62. The molecule has 3 aromatic heterocycles. The molecule has 2 saturated heterocycles. The van der Waals surface area contributed by atoms with Crippen LogP contribution in [-0.4, -0.2) is 74.7 Å². The SMILES string of the molecule is O=C1NCCN1c1n[nH]c2cc(Nc3ccnc(N4CCC(O)C(F)C4)n3)ncc12. The first-order valence-electron chi connectivity index (χ1n) is 9.65. The molecule has 2 amide bonds. The number of carbonyl (C=O) groups is 1. The lowest BCUT2D eigenvalue weighted by Gasteiger charge is -2.32. The van der Waals surface area contributed by atoms with Gasteiger partial charge in [-0.25, -0.2) is 19.2 Å². The lowest BCUT2D eigenvalue weighted by molar-refractivity contribution is 0.0612. The molecule has 2 aliphatic rings. The molecule has 2 aliphatic heterocycles. The first-order valence-corrected chi connectivity index (χ1v) is 9.65. The molecule has 0 bridgehead atoms. The fraction of sp³-hybridized carbons (Fsp3) is 0.389. The Morgan fingerprint density at radius 2 is 2.17 bits per heavy atom. The Morgan fingerprint density at radius 1 is 1.27 bits per heavy atom. The van der Waals surface area contributed by atoms with Crippen molar-refractivity contribution in [3.05, 3.63) is 24.5 Å². The van der Waals surface area contributed by atoms with Crippen LogP contribution < -0.4 is 20.4 Å². The number of anilines is 4. The Kier molecular flexibility index (Phi) is 4.54. The number of halogens is 1. The largest absolute Gasteiger partial charge is 0.390 e. The van der Waals surface area contributed by atoms with E-state index in [-0.39, 0.29) is 12.6 Å². The van der Waals surface area contributed by atoms with E-state index in [2.05, 4.69) is 35.8 Å². The molecular formula is C18H20FN9O2. The van der Waals surface area contributed by atoms with Crippen molar-refractivity contribution in [3.8, 4) is 0 Å². The van der Waals surface area contributed by atoms with Crippen LogP contribution in [0.25, 0.3) is 10.9 Å². The smallest absolute Gasteiger partial charge is 0.323 e. The van der Waals surface area contributed by atoms with Gasteiger partial charge in [-0.1, -0.05) is 0 Å². The van der Waals surface area contributed by atoms with E-state index in [0.717, 1.165) is 10.9 Å². The quantitative estimate of drug-likeness (QED) is 0.496. The summed E-state index contributed by atoms with van der Waals surface area (Å²) in [6.07, 6.45) is 1.29. The van der Waals surface area contributed by atoms with Gasteiger partial charge in [-0.2, -0.15) is 10.1 Å². The third-order valence-corrected chi connectivity index (χ3v) is 5.23. The van der Waals surface area contributed by atoms with Crippen molar-refractivity contribution in [2.75, 3.05) is 41.3 Å². The second-order valence-corrected chi connectivity index (χ2v) is 7.23. The summed E-state index contributed by atoms with van der Waals surface area (Å²) in [6.45, 7) is 1.66. The molecule has 5 heterocycles. The van der Waals surface area contributed by atoms with Gasteiger partial charge in [-0.15, -0.1) is 0 Å². The highest BCUT2D eigenvalue weighted by Crippen LogP contribution is 2.27. The number of hydrogen-bond donors (Lipinski definition) is 4. The van der Waals surface area contributed by atoms with Crippen molar-refractivity contribution in [1.82, 2.24) is 30.5 Å². The molecule has 3 aromatic rings. The van der Waals surface area contributed by atoms with Gasteiger partial charge in [0.1, 0.15) is 17.8 Å². The maximum Gasteiger partial charge on any atom is 0.323 e. The zero-order chi connectivity index (χ0) is 20.7. The summed E-state index contributed by atoms with van der Waals surface area (Å²) in [4.78, 5) is 28.2. The number of piperidine rings is 1. The summed E-state index contributed by atoms with van der Waals surface area (Å²) in [5.74, 6) is 1.97. The van der Waals surface area contributed by atoms with Crippen LogP contribution in [0, 0.1) is 0 Å². The van der Waals surface area contributed by atoms with Crippen molar-refractivity contribution >= 4 is 40.3 Å². The number of aromatic amines is 1. The number of urea groups is 1. The molecule has 0 aromatic carbocycles. The lowest BCUT2D eigenvalue weighted by atomic mass is 10.1. The molecule has 0 spiro atoms. The van der Waals surface area contributed by atoms with E-state index in [1.54, 1.807) is 34.3 Å². The number of H-pyrrole nitrogens is 1. The monoisotopic (exact) mass is 413 g/mol. The van der Waals surface area contributed by atoms with Gasteiger partial charge in [0.15, 0.2) is 5.82 Å². The normalized spacial score (nSPS) is 21.9. The molecule has 2 unspecified atom stereocenters. The average molecular weight is 413 g/mol. The molecule has 11 nitrogen and oxygen atoms in total. The number of carbonyl (C=O) groups excluding carboxylic acids is 1. The molecule has 30 heavy (non-hydrogen) atoms. The highest BCUT2D eigenvalue weighted by molar-refractivity contribution is 6.02. The van der Waals surface area contributed by atoms with Gasteiger partial charge in [-0.3, -0.25) is 10.00 Å². The van der Waals surface area contributed by atoms with Crippen molar-refractivity contribution in [2.24, 2.45) is 0 Å².